The first kappa shape index (κ1) is 16.2. The normalized spacial score (nSPS) is 12.5. The number of benzene rings is 2. The summed E-state index contributed by atoms with van der Waals surface area (Å²) in [5, 5.41) is 0. The van der Waals surface area contributed by atoms with E-state index in [4.69, 9.17) is 4.99 Å². The second kappa shape index (κ2) is 6.74. The molecule has 0 fully saturated rings. The average molecular weight is 291 g/mol. The summed E-state index contributed by atoms with van der Waals surface area (Å²) >= 11 is 0. The molecule has 0 saturated carbocycles. The summed E-state index contributed by atoms with van der Waals surface area (Å²) < 4.78 is 0. The van der Waals surface area contributed by atoms with Crippen molar-refractivity contribution in [2.75, 3.05) is 0 Å². The van der Waals surface area contributed by atoms with Gasteiger partial charge in [-0.05, 0) is 38.3 Å². The van der Waals surface area contributed by atoms with E-state index in [2.05, 4.69) is 82.1 Å². The molecule has 0 aromatic heterocycles. The predicted molar refractivity (Wildman–Crippen MR) is 96.7 cm³/mol. The van der Waals surface area contributed by atoms with Crippen molar-refractivity contribution in [2.45, 2.75) is 38.1 Å². The molecule has 2 rings (SSSR count). The molecular formula is C21H25N. The highest BCUT2D eigenvalue weighted by atomic mass is 14.8. The van der Waals surface area contributed by atoms with E-state index in [0.717, 1.165) is 6.42 Å². The van der Waals surface area contributed by atoms with Crippen LogP contribution in [0.2, 0.25) is 0 Å². The van der Waals surface area contributed by atoms with Crippen molar-refractivity contribution in [2.24, 2.45) is 4.99 Å². The summed E-state index contributed by atoms with van der Waals surface area (Å²) in [4.78, 5) is 4.83. The molecule has 0 aliphatic carbocycles. The molecule has 0 aliphatic rings. The number of allylic oxidation sites excluding steroid dienone is 1. The predicted octanol–water partition coefficient (Wildman–Crippen LogP) is 5.42. The minimum Gasteiger partial charge on any atom is -0.290 e. The quantitative estimate of drug-likeness (QED) is 0.515. The summed E-state index contributed by atoms with van der Waals surface area (Å²) in [6, 6.07) is 21.1. The van der Waals surface area contributed by atoms with Crippen LogP contribution in [0.25, 0.3) is 0 Å². The van der Waals surface area contributed by atoms with E-state index >= 15 is 0 Å². The lowest BCUT2D eigenvalue weighted by atomic mass is 9.73. The van der Waals surface area contributed by atoms with Crippen LogP contribution >= 0.6 is 0 Å². The first-order valence-corrected chi connectivity index (χ1v) is 7.76. The Hall–Kier alpha value is -2.15. The summed E-state index contributed by atoms with van der Waals surface area (Å²) in [7, 11) is 0. The van der Waals surface area contributed by atoms with Crippen molar-refractivity contribution in [3.05, 3.63) is 84.4 Å². The molecule has 114 valence electrons. The van der Waals surface area contributed by atoms with Crippen LogP contribution in [0.1, 0.15) is 38.3 Å². The SMILES string of the molecule is C=CCC(C=NC(C)(C)C)(c1ccccc1)c1ccccc1. The Morgan fingerprint density at radius 3 is 1.68 bits per heavy atom. The largest absolute Gasteiger partial charge is 0.290 e. The van der Waals surface area contributed by atoms with Crippen LogP contribution in [0.3, 0.4) is 0 Å². The van der Waals surface area contributed by atoms with Crippen LogP contribution in [0, 0.1) is 0 Å². The van der Waals surface area contributed by atoms with Gasteiger partial charge in [-0.25, -0.2) is 0 Å². The summed E-state index contributed by atoms with van der Waals surface area (Å²) in [5.41, 5.74) is 2.12. The zero-order valence-electron chi connectivity index (χ0n) is 13.8. The van der Waals surface area contributed by atoms with E-state index in [1.54, 1.807) is 0 Å². The molecule has 0 saturated heterocycles. The molecule has 2 aromatic rings. The molecule has 22 heavy (non-hydrogen) atoms. The molecule has 0 N–H and O–H groups in total. The maximum Gasteiger partial charge on any atom is 0.0584 e. The Balaban J connectivity index is 2.65. The van der Waals surface area contributed by atoms with Crippen molar-refractivity contribution in [1.82, 2.24) is 0 Å². The second-order valence-electron chi connectivity index (χ2n) is 6.63. The molecule has 2 aromatic carbocycles. The number of hydrogen-bond acceptors (Lipinski definition) is 1. The van der Waals surface area contributed by atoms with Crippen LogP contribution < -0.4 is 0 Å². The minimum absolute atomic E-state index is 0.101. The molecule has 0 amide bonds. The molecule has 0 aliphatic heterocycles. The van der Waals surface area contributed by atoms with Gasteiger partial charge in [-0.15, -0.1) is 6.58 Å². The van der Waals surface area contributed by atoms with Gasteiger partial charge in [-0.3, -0.25) is 4.99 Å². The maximum absolute atomic E-state index is 4.83. The van der Waals surface area contributed by atoms with Crippen molar-refractivity contribution in [3.63, 3.8) is 0 Å². The lowest BCUT2D eigenvalue weighted by Gasteiger charge is -2.31. The highest BCUT2D eigenvalue weighted by Gasteiger charge is 2.31. The van der Waals surface area contributed by atoms with E-state index in [1.165, 1.54) is 11.1 Å². The fraction of sp³-hybridized carbons (Fsp3) is 0.286. The number of rotatable bonds is 5. The average Bonchev–Trinajstić information content (AvgIpc) is 2.52. The van der Waals surface area contributed by atoms with Gasteiger partial charge in [0.15, 0.2) is 0 Å². The lowest BCUT2D eigenvalue weighted by Crippen LogP contribution is -2.30. The van der Waals surface area contributed by atoms with Gasteiger partial charge in [0.2, 0.25) is 0 Å². The van der Waals surface area contributed by atoms with Gasteiger partial charge < -0.3 is 0 Å². The molecule has 0 unspecified atom stereocenters. The van der Waals surface area contributed by atoms with E-state index < -0.39 is 0 Å². The van der Waals surface area contributed by atoms with E-state index in [1.807, 2.05) is 18.2 Å². The Morgan fingerprint density at radius 2 is 1.32 bits per heavy atom. The van der Waals surface area contributed by atoms with Crippen molar-refractivity contribution in [3.8, 4) is 0 Å². The van der Waals surface area contributed by atoms with Crippen LogP contribution in [-0.2, 0) is 5.41 Å². The molecule has 0 spiro atoms. The Kier molecular flexibility index (Phi) is 4.97. The fourth-order valence-electron chi connectivity index (χ4n) is 2.61. The van der Waals surface area contributed by atoms with Gasteiger partial charge in [-0.1, -0.05) is 66.7 Å². The minimum atomic E-state index is -0.266. The van der Waals surface area contributed by atoms with Crippen LogP contribution in [0.5, 0.6) is 0 Å². The van der Waals surface area contributed by atoms with Gasteiger partial charge in [0.25, 0.3) is 0 Å². The topological polar surface area (TPSA) is 12.4 Å². The first-order valence-electron chi connectivity index (χ1n) is 7.76. The maximum atomic E-state index is 4.83. The third kappa shape index (κ3) is 3.73. The summed E-state index contributed by atoms with van der Waals surface area (Å²) in [5.74, 6) is 0. The van der Waals surface area contributed by atoms with E-state index in [-0.39, 0.29) is 11.0 Å². The Labute approximate surface area is 134 Å². The molecule has 1 nitrogen and oxygen atoms in total. The van der Waals surface area contributed by atoms with Crippen LogP contribution in [0.15, 0.2) is 78.3 Å². The Bertz CT molecular complexity index is 578. The number of aliphatic imine (C=N–C) groups is 1. The Morgan fingerprint density at radius 1 is 0.864 bits per heavy atom. The van der Waals surface area contributed by atoms with Gasteiger partial charge in [0.1, 0.15) is 0 Å². The first-order chi connectivity index (χ1) is 10.5. The zero-order chi connectivity index (χ0) is 16.1. The smallest absolute Gasteiger partial charge is 0.0584 e. The second-order valence-corrected chi connectivity index (χ2v) is 6.63. The molecule has 0 bridgehead atoms. The third-order valence-electron chi connectivity index (χ3n) is 3.72. The monoisotopic (exact) mass is 291 g/mol. The van der Waals surface area contributed by atoms with Gasteiger partial charge in [0, 0.05) is 6.21 Å². The van der Waals surface area contributed by atoms with Crippen LogP contribution in [0.4, 0.5) is 0 Å². The molecule has 1 heteroatoms. The van der Waals surface area contributed by atoms with E-state index in [9.17, 15) is 0 Å². The van der Waals surface area contributed by atoms with Gasteiger partial charge >= 0.3 is 0 Å². The lowest BCUT2D eigenvalue weighted by molar-refractivity contribution is 0.575. The molecule has 0 radical (unpaired) electrons. The van der Waals surface area contributed by atoms with Crippen LogP contribution in [-0.4, -0.2) is 11.8 Å². The summed E-state index contributed by atoms with van der Waals surface area (Å²) in [6.07, 6.45) is 4.91. The fourth-order valence-corrected chi connectivity index (χ4v) is 2.61. The zero-order valence-corrected chi connectivity index (χ0v) is 13.8. The third-order valence-corrected chi connectivity index (χ3v) is 3.72. The molecular weight excluding hydrogens is 266 g/mol. The molecule has 0 atom stereocenters. The summed E-state index contributed by atoms with van der Waals surface area (Å²) in [6.45, 7) is 10.3. The van der Waals surface area contributed by atoms with Gasteiger partial charge in [0.05, 0.1) is 11.0 Å². The van der Waals surface area contributed by atoms with Crippen molar-refractivity contribution < 1.29 is 0 Å². The standard InChI is InChI=1S/C21H25N/c1-5-16-21(17-22-20(2,3)4,18-12-8-6-9-13-18)19-14-10-7-11-15-19/h5-15,17H,1,16H2,2-4H3. The number of nitrogens with zero attached hydrogens (tertiary/aromatic N) is 1. The van der Waals surface area contributed by atoms with Gasteiger partial charge in [-0.2, -0.15) is 0 Å². The highest BCUT2D eigenvalue weighted by molar-refractivity contribution is 5.80. The van der Waals surface area contributed by atoms with E-state index in [0.29, 0.717) is 0 Å². The highest BCUT2D eigenvalue weighted by Crippen LogP contribution is 2.35. The molecule has 0 heterocycles. The number of hydrogen-bond donors (Lipinski definition) is 0. The van der Waals surface area contributed by atoms with Crippen molar-refractivity contribution in [1.29, 1.82) is 0 Å². The van der Waals surface area contributed by atoms with Crippen molar-refractivity contribution >= 4 is 6.21 Å².